The maximum atomic E-state index is 13.4. The molecule has 1 aromatic carbocycles. The molecule has 5 rings (SSSR count). The SMILES string of the molecule is CN(C)C1(c2ccccc2)CCC2(CC1)CN(CC1COC1)C(=O)N2CC1CC1. The fourth-order valence-corrected chi connectivity index (χ4v) is 5.86. The van der Waals surface area contributed by atoms with Gasteiger partial charge in [-0.2, -0.15) is 0 Å². The summed E-state index contributed by atoms with van der Waals surface area (Å²) in [6.45, 7) is 4.39. The summed E-state index contributed by atoms with van der Waals surface area (Å²) in [6, 6.07) is 11.3. The van der Waals surface area contributed by atoms with Gasteiger partial charge in [0.1, 0.15) is 0 Å². The zero-order valence-corrected chi connectivity index (χ0v) is 18.0. The number of carbonyl (C=O) groups is 1. The van der Waals surface area contributed by atoms with E-state index < -0.39 is 0 Å². The molecule has 0 radical (unpaired) electrons. The highest BCUT2D eigenvalue weighted by atomic mass is 16.5. The van der Waals surface area contributed by atoms with E-state index in [9.17, 15) is 4.79 Å². The smallest absolute Gasteiger partial charge is 0.320 e. The lowest BCUT2D eigenvalue weighted by Gasteiger charge is -2.51. The van der Waals surface area contributed by atoms with Crippen LogP contribution in [-0.4, -0.2) is 73.2 Å². The fourth-order valence-electron chi connectivity index (χ4n) is 5.86. The molecule has 29 heavy (non-hydrogen) atoms. The molecule has 158 valence electrons. The molecule has 2 aliphatic heterocycles. The van der Waals surface area contributed by atoms with E-state index in [1.807, 2.05) is 0 Å². The van der Waals surface area contributed by atoms with Crippen molar-refractivity contribution in [3.05, 3.63) is 35.9 Å². The third kappa shape index (κ3) is 3.36. The summed E-state index contributed by atoms with van der Waals surface area (Å²) in [6.07, 6.45) is 6.99. The summed E-state index contributed by atoms with van der Waals surface area (Å²) in [4.78, 5) is 20.3. The molecule has 1 aromatic rings. The second-order valence-corrected chi connectivity index (χ2v) is 10.1. The molecular weight excluding hydrogens is 362 g/mol. The van der Waals surface area contributed by atoms with Crippen molar-refractivity contribution in [2.45, 2.75) is 49.6 Å². The lowest BCUT2D eigenvalue weighted by atomic mass is 9.68. The van der Waals surface area contributed by atoms with E-state index in [2.05, 4.69) is 59.1 Å². The van der Waals surface area contributed by atoms with E-state index in [1.165, 1.54) is 18.4 Å². The predicted molar refractivity (Wildman–Crippen MR) is 114 cm³/mol. The zero-order chi connectivity index (χ0) is 20.1. The van der Waals surface area contributed by atoms with Crippen molar-refractivity contribution in [2.75, 3.05) is 46.9 Å². The largest absolute Gasteiger partial charge is 0.381 e. The van der Waals surface area contributed by atoms with Gasteiger partial charge >= 0.3 is 6.03 Å². The molecule has 4 aliphatic rings. The van der Waals surface area contributed by atoms with Gasteiger partial charge in [0.15, 0.2) is 0 Å². The Kier molecular flexibility index (Phi) is 4.86. The van der Waals surface area contributed by atoms with Crippen molar-refractivity contribution in [3.63, 3.8) is 0 Å². The normalized spacial score (nSPS) is 33.0. The van der Waals surface area contributed by atoms with Crippen LogP contribution in [0.15, 0.2) is 30.3 Å². The minimum absolute atomic E-state index is 0.0264. The van der Waals surface area contributed by atoms with Crippen molar-refractivity contribution in [3.8, 4) is 0 Å². The molecule has 2 saturated heterocycles. The fraction of sp³-hybridized carbons (Fsp3) is 0.708. The topological polar surface area (TPSA) is 36.0 Å². The van der Waals surface area contributed by atoms with Crippen LogP contribution in [0.25, 0.3) is 0 Å². The number of urea groups is 1. The highest BCUT2D eigenvalue weighted by molar-refractivity contribution is 5.78. The Bertz CT molecular complexity index is 734. The van der Waals surface area contributed by atoms with E-state index in [4.69, 9.17) is 4.74 Å². The number of carbonyl (C=O) groups excluding carboxylic acids is 1. The van der Waals surface area contributed by atoms with E-state index in [0.717, 1.165) is 64.4 Å². The van der Waals surface area contributed by atoms with Crippen molar-refractivity contribution < 1.29 is 9.53 Å². The first-order chi connectivity index (χ1) is 14.0. The summed E-state index contributed by atoms with van der Waals surface area (Å²) < 4.78 is 5.36. The van der Waals surface area contributed by atoms with Crippen LogP contribution in [0.1, 0.15) is 44.1 Å². The van der Waals surface area contributed by atoms with Crippen LogP contribution >= 0.6 is 0 Å². The van der Waals surface area contributed by atoms with Gasteiger partial charge in [-0.15, -0.1) is 0 Å². The van der Waals surface area contributed by atoms with E-state index >= 15 is 0 Å². The van der Waals surface area contributed by atoms with Crippen LogP contribution in [-0.2, 0) is 10.3 Å². The van der Waals surface area contributed by atoms with Crippen molar-refractivity contribution >= 4 is 6.03 Å². The van der Waals surface area contributed by atoms with E-state index in [0.29, 0.717) is 11.9 Å². The Morgan fingerprint density at radius 1 is 1.00 bits per heavy atom. The Hall–Kier alpha value is -1.59. The molecule has 0 unspecified atom stereocenters. The van der Waals surface area contributed by atoms with Crippen molar-refractivity contribution in [2.24, 2.45) is 11.8 Å². The highest BCUT2D eigenvalue weighted by Crippen LogP contribution is 2.50. The molecule has 0 bridgehead atoms. The number of amides is 2. The molecule has 0 atom stereocenters. The van der Waals surface area contributed by atoms with E-state index in [-0.39, 0.29) is 11.1 Å². The lowest BCUT2D eigenvalue weighted by Crippen LogP contribution is -2.55. The van der Waals surface area contributed by atoms with Crippen molar-refractivity contribution in [1.82, 2.24) is 14.7 Å². The van der Waals surface area contributed by atoms with Crippen LogP contribution in [0.4, 0.5) is 4.79 Å². The number of hydrogen-bond donors (Lipinski definition) is 0. The van der Waals surface area contributed by atoms with Gasteiger partial charge in [-0.3, -0.25) is 4.90 Å². The highest BCUT2D eigenvalue weighted by Gasteiger charge is 2.55. The van der Waals surface area contributed by atoms with Crippen molar-refractivity contribution in [1.29, 1.82) is 0 Å². The quantitative estimate of drug-likeness (QED) is 0.737. The van der Waals surface area contributed by atoms with Crippen LogP contribution in [0.2, 0.25) is 0 Å². The summed E-state index contributed by atoms with van der Waals surface area (Å²) in [5.41, 5.74) is 1.52. The Morgan fingerprint density at radius 2 is 1.69 bits per heavy atom. The van der Waals surface area contributed by atoms with Crippen LogP contribution in [0, 0.1) is 11.8 Å². The first-order valence-electron chi connectivity index (χ1n) is 11.4. The molecule has 5 nitrogen and oxygen atoms in total. The third-order valence-corrected chi connectivity index (χ3v) is 8.06. The molecule has 0 aromatic heterocycles. The van der Waals surface area contributed by atoms with Gasteiger partial charge in [0.05, 0.1) is 18.8 Å². The van der Waals surface area contributed by atoms with E-state index in [1.54, 1.807) is 0 Å². The summed E-state index contributed by atoms with van der Waals surface area (Å²) >= 11 is 0. The van der Waals surface area contributed by atoms with Gasteiger partial charge < -0.3 is 14.5 Å². The molecule has 4 fully saturated rings. The van der Waals surface area contributed by atoms with Gasteiger partial charge in [0.2, 0.25) is 0 Å². The van der Waals surface area contributed by atoms with Gasteiger partial charge in [-0.25, -0.2) is 4.79 Å². The Labute approximate surface area is 175 Å². The Morgan fingerprint density at radius 3 is 2.24 bits per heavy atom. The van der Waals surface area contributed by atoms with Crippen LogP contribution in [0.3, 0.4) is 0 Å². The number of ether oxygens (including phenoxy) is 1. The average Bonchev–Trinajstić information content (AvgIpc) is 3.49. The minimum atomic E-state index is 0.0264. The predicted octanol–water partition coefficient (Wildman–Crippen LogP) is 3.55. The standard InChI is InChI=1S/C24H35N3O2/c1-25(2)24(21-6-4-3-5-7-21)12-10-23(11-13-24)18-26(14-20-16-29-17-20)22(28)27(23)15-19-8-9-19/h3-7,19-20H,8-18H2,1-2H3. The summed E-state index contributed by atoms with van der Waals surface area (Å²) in [5, 5.41) is 0. The minimum Gasteiger partial charge on any atom is -0.381 e. The molecule has 2 saturated carbocycles. The van der Waals surface area contributed by atoms with Gasteiger partial charge in [-0.1, -0.05) is 30.3 Å². The Balaban J connectivity index is 1.38. The number of rotatable bonds is 6. The molecule has 1 spiro atoms. The van der Waals surface area contributed by atoms with Crippen LogP contribution < -0.4 is 0 Å². The molecule has 2 aliphatic carbocycles. The molecule has 2 amide bonds. The lowest BCUT2D eigenvalue weighted by molar-refractivity contribution is -0.0414. The maximum absolute atomic E-state index is 13.4. The van der Waals surface area contributed by atoms with Gasteiger partial charge in [0.25, 0.3) is 0 Å². The molecule has 2 heterocycles. The maximum Gasteiger partial charge on any atom is 0.320 e. The molecular formula is C24H35N3O2. The first kappa shape index (κ1) is 19.4. The first-order valence-corrected chi connectivity index (χ1v) is 11.4. The second kappa shape index (κ2) is 7.28. The van der Waals surface area contributed by atoms with Gasteiger partial charge in [-0.05, 0) is 64.1 Å². The summed E-state index contributed by atoms with van der Waals surface area (Å²) in [5.74, 6) is 1.27. The number of nitrogens with zero attached hydrogens (tertiary/aromatic N) is 3. The monoisotopic (exact) mass is 397 g/mol. The number of hydrogen-bond acceptors (Lipinski definition) is 3. The van der Waals surface area contributed by atoms with Gasteiger partial charge in [0, 0.05) is 31.1 Å². The molecule has 5 heteroatoms. The van der Waals surface area contributed by atoms with Crippen LogP contribution in [0.5, 0.6) is 0 Å². The summed E-state index contributed by atoms with van der Waals surface area (Å²) in [7, 11) is 4.44. The number of benzene rings is 1. The second-order valence-electron chi connectivity index (χ2n) is 10.1. The average molecular weight is 398 g/mol. The zero-order valence-electron chi connectivity index (χ0n) is 18.0. The third-order valence-electron chi connectivity index (χ3n) is 8.06. The molecule has 0 N–H and O–H groups in total.